The van der Waals surface area contributed by atoms with Crippen LogP contribution in [0.15, 0.2) is 24.3 Å². The molecule has 2 heterocycles. The Balaban J connectivity index is 1.76. The van der Waals surface area contributed by atoms with Gasteiger partial charge in [-0.3, -0.25) is 4.79 Å². The van der Waals surface area contributed by atoms with Gasteiger partial charge in [0.15, 0.2) is 0 Å². The molecule has 1 saturated heterocycles. The van der Waals surface area contributed by atoms with E-state index in [-0.39, 0.29) is 17.9 Å². The Morgan fingerprint density at radius 2 is 2.17 bits per heavy atom. The first-order valence-corrected chi connectivity index (χ1v) is 8.76. The molecule has 5 nitrogen and oxygen atoms in total. The first-order valence-electron chi connectivity index (χ1n) is 8.76. The Kier molecular flexibility index (Phi) is 4.90. The predicted molar refractivity (Wildman–Crippen MR) is 94.5 cm³/mol. The molecule has 1 aromatic carbocycles. The average Bonchev–Trinajstić information content (AvgIpc) is 2.90. The molecule has 0 bridgehead atoms. The fraction of sp³-hybridized carbons (Fsp3) is 0.579. The van der Waals surface area contributed by atoms with Crippen LogP contribution in [0.1, 0.15) is 32.5 Å². The van der Waals surface area contributed by atoms with Crippen LogP contribution in [0.2, 0.25) is 0 Å². The number of amides is 1. The molecule has 0 radical (unpaired) electrons. The predicted octanol–water partition coefficient (Wildman–Crippen LogP) is 2.98. The lowest BCUT2D eigenvalue weighted by Crippen LogP contribution is -2.44. The van der Waals surface area contributed by atoms with Crippen LogP contribution in [-0.4, -0.2) is 40.1 Å². The van der Waals surface area contributed by atoms with E-state index >= 15 is 0 Å². The molecule has 1 fully saturated rings. The molecule has 24 heavy (non-hydrogen) atoms. The van der Waals surface area contributed by atoms with Gasteiger partial charge in [-0.2, -0.15) is 0 Å². The van der Waals surface area contributed by atoms with Crippen LogP contribution < -0.4 is 0 Å². The van der Waals surface area contributed by atoms with Crippen molar-refractivity contribution in [3.63, 3.8) is 0 Å². The van der Waals surface area contributed by atoms with E-state index in [0.717, 1.165) is 36.3 Å². The number of aryl methyl sites for hydroxylation is 1. The molecule has 0 unspecified atom stereocenters. The van der Waals surface area contributed by atoms with Gasteiger partial charge < -0.3 is 14.2 Å². The maximum atomic E-state index is 13.0. The van der Waals surface area contributed by atoms with Gasteiger partial charge in [-0.1, -0.05) is 26.0 Å². The maximum absolute atomic E-state index is 13.0. The highest BCUT2D eigenvalue weighted by molar-refractivity contribution is 5.80. The molecule has 2 aromatic rings. The number of hydrogen-bond acceptors (Lipinski definition) is 3. The number of imidazole rings is 1. The maximum Gasteiger partial charge on any atom is 0.228 e. The lowest BCUT2D eigenvalue weighted by Gasteiger charge is -2.35. The minimum Gasteiger partial charge on any atom is -0.377 e. The summed E-state index contributed by atoms with van der Waals surface area (Å²) in [6, 6.07) is 8.05. The molecule has 0 spiro atoms. The molecule has 0 aliphatic carbocycles. The summed E-state index contributed by atoms with van der Waals surface area (Å²) in [5, 5.41) is 0. The second-order valence-corrected chi connectivity index (χ2v) is 7.10. The van der Waals surface area contributed by atoms with Crippen LogP contribution in [0.4, 0.5) is 0 Å². The van der Waals surface area contributed by atoms with E-state index in [0.29, 0.717) is 12.5 Å². The van der Waals surface area contributed by atoms with Gasteiger partial charge in [-0.15, -0.1) is 0 Å². The van der Waals surface area contributed by atoms with E-state index < -0.39 is 0 Å². The van der Waals surface area contributed by atoms with Crippen molar-refractivity contribution in [3.05, 3.63) is 30.1 Å². The van der Waals surface area contributed by atoms with Gasteiger partial charge in [0.2, 0.25) is 5.91 Å². The van der Waals surface area contributed by atoms with Crippen molar-refractivity contribution in [2.45, 2.75) is 39.3 Å². The van der Waals surface area contributed by atoms with E-state index in [1.54, 1.807) is 4.90 Å². The Bertz CT molecular complexity index is 722. The lowest BCUT2D eigenvalue weighted by atomic mass is 9.86. The molecule has 2 atom stereocenters. The number of nitrogens with zero attached hydrogens (tertiary/aromatic N) is 3. The number of ether oxygens (including phenoxy) is 1. The summed E-state index contributed by atoms with van der Waals surface area (Å²) in [6.45, 7) is 5.54. The molecule has 0 N–H and O–H groups in total. The zero-order chi connectivity index (χ0) is 17.3. The van der Waals surface area contributed by atoms with E-state index in [1.807, 2.05) is 32.3 Å². The topological polar surface area (TPSA) is 47.4 Å². The van der Waals surface area contributed by atoms with Crippen LogP contribution in [0, 0.1) is 11.8 Å². The fourth-order valence-electron chi connectivity index (χ4n) is 3.63. The van der Waals surface area contributed by atoms with Crippen molar-refractivity contribution in [3.8, 4) is 0 Å². The quantitative estimate of drug-likeness (QED) is 0.866. The molecule has 130 valence electrons. The van der Waals surface area contributed by atoms with Crippen LogP contribution in [0.25, 0.3) is 11.0 Å². The Labute approximate surface area is 143 Å². The number of carbonyl (C=O) groups excluding carboxylic acids is 1. The molecular weight excluding hydrogens is 302 g/mol. The van der Waals surface area contributed by atoms with Crippen molar-refractivity contribution in [1.29, 1.82) is 0 Å². The highest BCUT2D eigenvalue weighted by atomic mass is 16.5. The highest BCUT2D eigenvalue weighted by Crippen LogP contribution is 2.28. The number of para-hydroxylation sites is 2. The van der Waals surface area contributed by atoms with Gasteiger partial charge in [0, 0.05) is 20.7 Å². The Hall–Kier alpha value is -1.88. The van der Waals surface area contributed by atoms with Crippen LogP contribution in [-0.2, 0) is 23.1 Å². The van der Waals surface area contributed by atoms with Gasteiger partial charge in [-0.25, -0.2) is 4.98 Å². The summed E-state index contributed by atoms with van der Waals surface area (Å²) < 4.78 is 7.94. The average molecular weight is 329 g/mol. The SMILES string of the molecule is CC(C)[C@H]1OCCC[C@H]1C(=O)N(C)Cc1nc2ccccc2n1C. The van der Waals surface area contributed by atoms with Crippen LogP contribution >= 0.6 is 0 Å². The van der Waals surface area contributed by atoms with E-state index in [2.05, 4.69) is 29.5 Å². The summed E-state index contributed by atoms with van der Waals surface area (Å²) in [7, 11) is 3.87. The van der Waals surface area contributed by atoms with Gasteiger partial charge in [-0.05, 0) is 30.9 Å². The minimum absolute atomic E-state index is 0.0224. The van der Waals surface area contributed by atoms with E-state index in [4.69, 9.17) is 4.74 Å². The Morgan fingerprint density at radius 1 is 1.42 bits per heavy atom. The second kappa shape index (κ2) is 6.93. The molecule has 1 amide bonds. The number of benzene rings is 1. The summed E-state index contributed by atoms with van der Waals surface area (Å²) in [4.78, 5) is 19.4. The molecule has 1 aliphatic heterocycles. The number of rotatable bonds is 4. The van der Waals surface area contributed by atoms with Gasteiger partial charge in [0.1, 0.15) is 5.82 Å². The van der Waals surface area contributed by atoms with Gasteiger partial charge in [0.25, 0.3) is 0 Å². The van der Waals surface area contributed by atoms with Gasteiger partial charge >= 0.3 is 0 Å². The Morgan fingerprint density at radius 3 is 2.88 bits per heavy atom. The number of fused-ring (bicyclic) bond motifs is 1. The minimum atomic E-state index is -0.0431. The highest BCUT2D eigenvalue weighted by Gasteiger charge is 2.35. The van der Waals surface area contributed by atoms with Crippen molar-refractivity contribution < 1.29 is 9.53 Å². The number of aromatic nitrogens is 2. The molecule has 1 aromatic heterocycles. The summed E-state index contributed by atoms with van der Waals surface area (Å²) in [6.07, 6.45) is 1.89. The third-order valence-corrected chi connectivity index (χ3v) is 4.98. The monoisotopic (exact) mass is 329 g/mol. The smallest absolute Gasteiger partial charge is 0.228 e. The van der Waals surface area contributed by atoms with Gasteiger partial charge in [0.05, 0.1) is 29.6 Å². The zero-order valence-electron chi connectivity index (χ0n) is 15.0. The summed E-state index contributed by atoms with van der Waals surface area (Å²) in [5.41, 5.74) is 2.06. The van der Waals surface area contributed by atoms with E-state index in [9.17, 15) is 4.79 Å². The molecule has 5 heteroatoms. The van der Waals surface area contributed by atoms with Crippen molar-refractivity contribution in [2.75, 3.05) is 13.7 Å². The van der Waals surface area contributed by atoms with Crippen molar-refractivity contribution in [2.24, 2.45) is 18.9 Å². The normalized spacial score (nSPS) is 21.4. The summed E-state index contributed by atoms with van der Waals surface area (Å²) in [5.74, 6) is 1.38. The van der Waals surface area contributed by atoms with Crippen LogP contribution in [0.5, 0.6) is 0 Å². The molecule has 0 saturated carbocycles. The third kappa shape index (κ3) is 3.18. The van der Waals surface area contributed by atoms with E-state index in [1.165, 1.54) is 0 Å². The zero-order valence-corrected chi connectivity index (χ0v) is 15.0. The third-order valence-electron chi connectivity index (χ3n) is 4.98. The fourth-order valence-corrected chi connectivity index (χ4v) is 3.63. The summed E-state index contributed by atoms with van der Waals surface area (Å²) >= 11 is 0. The first kappa shape index (κ1) is 17.0. The standard InChI is InChI=1S/C19H27N3O2/c1-13(2)18-14(8-7-11-24-18)19(23)21(3)12-17-20-15-9-5-6-10-16(15)22(17)4/h5-6,9-10,13-14,18H,7-8,11-12H2,1-4H3/t14-,18-/m1/s1. The molecule has 1 aliphatic rings. The lowest BCUT2D eigenvalue weighted by molar-refractivity contribution is -0.147. The van der Waals surface area contributed by atoms with Crippen molar-refractivity contribution >= 4 is 16.9 Å². The largest absolute Gasteiger partial charge is 0.377 e. The number of carbonyl (C=O) groups is 1. The molecule has 3 rings (SSSR count). The first-order chi connectivity index (χ1) is 11.5. The second-order valence-electron chi connectivity index (χ2n) is 7.10. The van der Waals surface area contributed by atoms with Crippen LogP contribution in [0.3, 0.4) is 0 Å². The van der Waals surface area contributed by atoms with Crippen molar-refractivity contribution in [1.82, 2.24) is 14.5 Å². The molecular formula is C19H27N3O2. The number of hydrogen-bond donors (Lipinski definition) is 0.